The Morgan fingerprint density at radius 2 is 1.92 bits per heavy atom. The minimum Gasteiger partial charge on any atom is -0.322 e. The summed E-state index contributed by atoms with van der Waals surface area (Å²) in [6, 6.07) is 16.6. The number of imidazole rings is 1. The fraction of sp³-hybridized carbons (Fsp3) is 0.200. The summed E-state index contributed by atoms with van der Waals surface area (Å²) in [5.41, 5.74) is 3.10. The number of pyridine rings is 1. The number of hydrogen-bond acceptors (Lipinski definition) is 4. The molecule has 3 aromatic heterocycles. The van der Waals surface area contributed by atoms with E-state index in [9.17, 15) is 0 Å². The Balaban J connectivity index is 1.71. The monoisotopic (exact) mass is 344 g/mol. The van der Waals surface area contributed by atoms with E-state index >= 15 is 0 Å². The zero-order valence-electron chi connectivity index (χ0n) is 14.6. The summed E-state index contributed by atoms with van der Waals surface area (Å²) in [6.07, 6.45) is 8.06. The number of hydrogen-bond donors (Lipinski definition) is 0. The molecule has 0 fully saturated rings. The number of nitrogens with zero attached hydrogens (tertiary/aromatic N) is 6. The Hall–Kier alpha value is -3.28. The second-order valence-corrected chi connectivity index (χ2v) is 6.20. The number of rotatable bonds is 6. The third kappa shape index (κ3) is 3.39. The normalized spacial score (nSPS) is 12.2. The van der Waals surface area contributed by atoms with Crippen LogP contribution in [0.5, 0.6) is 0 Å². The first-order valence-corrected chi connectivity index (χ1v) is 8.65. The third-order valence-electron chi connectivity index (χ3n) is 4.40. The van der Waals surface area contributed by atoms with Gasteiger partial charge in [-0.3, -0.25) is 4.68 Å². The predicted octanol–water partition coefficient (Wildman–Crippen LogP) is 3.52. The van der Waals surface area contributed by atoms with Crippen molar-refractivity contribution in [3.05, 3.63) is 84.8 Å². The summed E-state index contributed by atoms with van der Waals surface area (Å²) >= 11 is 0. The fourth-order valence-electron chi connectivity index (χ4n) is 3.17. The lowest BCUT2D eigenvalue weighted by atomic mass is 10.0. The molecule has 0 radical (unpaired) electrons. The Morgan fingerprint density at radius 1 is 1.04 bits per heavy atom. The fourth-order valence-corrected chi connectivity index (χ4v) is 3.17. The van der Waals surface area contributed by atoms with Gasteiger partial charge in [0, 0.05) is 24.6 Å². The molecule has 0 amide bonds. The van der Waals surface area contributed by atoms with Crippen molar-refractivity contribution in [3.63, 3.8) is 0 Å². The van der Waals surface area contributed by atoms with Gasteiger partial charge in [-0.05, 0) is 31.0 Å². The molecule has 0 spiro atoms. The van der Waals surface area contributed by atoms with E-state index in [1.54, 1.807) is 12.7 Å². The van der Waals surface area contributed by atoms with Crippen LogP contribution >= 0.6 is 0 Å². The molecule has 26 heavy (non-hydrogen) atoms. The van der Waals surface area contributed by atoms with Gasteiger partial charge in [0.1, 0.15) is 18.3 Å². The molecular formula is C20H20N6. The Morgan fingerprint density at radius 3 is 2.69 bits per heavy atom. The lowest BCUT2D eigenvalue weighted by Crippen LogP contribution is -2.15. The van der Waals surface area contributed by atoms with Crippen LogP contribution in [0.4, 0.5) is 0 Å². The molecule has 6 nitrogen and oxygen atoms in total. The predicted molar refractivity (Wildman–Crippen MR) is 99.4 cm³/mol. The van der Waals surface area contributed by atoms with Crippen LogP contribution in [0.3, 0.4) is 0 Å². The van der Waals surface area contributed by atoms with Crippen molar-refractivity contribution in [2.45, 2.75) is 25.9 Å². The largest absolute Gasteiger partial charge is 0.322 e. The standard InChI is InChI=1S/C20H20N6/c1-16-6-5-9-18(24-16)20-22-11-13-26(20)19(17-7-3-2-4-8-17)10-12-25-15-21-14-23-25/h2-9,11,13-15,19H,10,12H2,1H3/t19-/m0/s1. The van der Waals surface area contributed by atoms with E-state index in [-0.39, 0.29) is 6.04 Å². The number of benzene rings is 1. The first-order valence-electron chi connectivity index (χ1n) is 8.65. The van der Waals surface area contributed by atoms with E-state index < -0.39 is 0 Å². The number of aromatic nitrogens is 6. The summed E-state index contributed by atoms with van der Waals surface area (Å²) in [7, 11) is 0. The zero-order valence-corrected chi connectivity index (χ0v) is 14.6. The molecule has 0 saturated heterocycles. The Bertz CT molecular complexity index is 959. The van der Waals surface area contributed by atoms with Crippen molar-refractivity contribution in [1.29, 1.82) is 0 Å². The lowest BCUT2D eigenvalue weighted by molar-refractivity contribution is 0.471. The SMILES string of the molecule is Cc1cccc(-c2nccn2[C@@H](CCn2cncn2)c2ccccc2)n1. The minimum absolute atomic E-state index is 0.139. The van der Waals surface area contributed by atoms with Gasteiger partial charge in [0.05, 0.1) is 6.04 Å². The lowest BCUT2D eigenvalue weighted by Gasteiger charge is -2.21. The summed E-state index contributed by atoms with van der Waals surface area (Å²) < 4.78 is 4.06. The van der Waals surface area contributed by atoms with Crippen molar-refractivity contribution >= 4 is 0 Å². The van der Waals surface area contributed by atoms with E-state index in [1.165, 1.54) is 5.56 Å². The summed E-state index contributed by atoms with van der Waals surface area (Å²) in [5.74, 6) is 0.876. The van der Waals surface area contributed by atoms with Gasteiger partial charge in [-0.15, -0.1) is 0 Å². The van der Waals surface area contributed by atoms with Crippen molar-refractivity contribution in [2.24, 2.45) is 0 Å². The van der Waals surface area contributed by atoms with Crippen molar-refractivity contribution in [1.82, 2.24) is 29.3 Å². The van der Waals surface area contributed by atoms with Gasteiger partial charge in [-0.1, -0.05) is 36.4 Å². The van der Waals surface area contributed by atoms with Gasteiger partial charge in [-0.25, -0.2) is 15.0 Å². The maximum atomic E-state index is 4.65. The molecule has 1 aromatic carbocycles. The van der Waals surface area contributed by atoms with Crippen LogP contribution < -0.4 is 0 Å². The van der Waals surface area contributed by atoms with Crippen molar-refractivity contribution in [3.8, 4) is 11.5 Å². The molecule has 4 rings (SSSR count). The maximum absolute atomic E-state index is 4.65. The highest BCUT2D eigenvalue weighted by Gasteiger charge is 2.18. The molecule has 0 aliphatic heterocycles. The van der Waals surface area contributed by atoms with Gasteiger partial charge in [0.2, 0.25) is 0 Å². The molecule has 0 N–H and O–H groups in total. The van der Waals surface area contributed by atoms with Crippen LogP contribution in [-0.2, 0) is 6.54 Å². The summed E-state index contributed by atoms with van der Waals surface area (Å²) in [6.45, 7) is 2.77. The highest BCUT2D eigenvalue weighted by Crippen LogP contribution is 2.28. The second-order valence-electron chi connectivity index (χ2n) is 6.20. The van der Waals surface area contributed by atoms with E-state index in [0.29, 0.717) is 0 Å². The molecule has 6 heteroatoms. The quantitative estimate of drug-likeness (QED) is 0.537. The van der Waals surface area contributed by atoms with E-state index in [4.69, 9.17) is 0 Å². The molecule has 0 aliphatic carbocycles. The van der Waals surface area contributed by atoms with E-state index in [2.05, 4.69) is 48.9 Å². The molecule has 0 saturated carbocycles. The Kier molecular flexibility index (Phi) is 4.55. The topological polar surface area (TPSA) is 61.4 Å². The zero-order chi connectivity index (χ0) is 17.8. The smallest absolute Gasteiger partial charge is 0.159 e. The van der Waals surface area contributed by atoms with Gasteiger partial charge < -0.3 is 4.57 Å². The maximum Gasteiger partial charge on any atom is 0.159 e. The molecule has 0 unspecified atom stereocenters. The Labute approximate surface area is 152 Å². The first-order chi connectivity index (χ1) is 12.8. The second kappa shape index (κ2) is 7.31. The van der Waals surface area contributed by atoms with Gasteiger partial charge in [0.15, 0.2) is 5.82 Å². The van der Waals surface area contributed by atoms with Crippen LogP contribution in [0.25, 0.3) is 11.5 Å². The average Bonchev–Trinajstić information content (AvgIpc) is 3.35. The van der Waals surface area contributed by atoms with E-state index in [1.807, 2.05) is 48.3 Å². The van der Waals surface area contributed by atoms with Gasteiger partial charge in [0.25, 0.3) is 0 Å². The van der Waals surface area contributed by atoms with Crippen LogP contribution in [0.2, 0.25) is 0 Å². The highest BCUT2D eigenvalue weighted by molar-refractivity contribution is 5.50. The van der Waals surface area contributed by atoms with E-state index in [0.717, 1.165) is 30.2 Å². The molecule has 3 heterocycles. The summed E-state index contributed by atoms with van der Waals surface area (Å²) in [4.78, 5) is 13.3. The van der Waals surface area contributed by atoms with Gasteiger partial charge >= 0.3 is 0 Å². The molecule has 1 atom stereocenters. The van der Waals surface area contributed by atoms with Crippen LogP contribution in [0.1, 0.15) is 23.7 Å². The molecular weight excluding hydrogens is 324 g/mol. The minimum atomic E-state index is 0.139. The summed E-state index contributed by atoms with van der Waals surface area (Å²) in [5, 5.41) is 4.22. The van der Waals surface area contributed by atoms with Crippen LogP contribution in [0, 0.1) is 6.92 Å². The molecule has 4 aromatic rings. The number of aryl methyl sites for hydroxylation is 2. The third-order valence-corrected chi connectivity index (χ3v) is 4.40. The van der Waals surface area contributed by atoms with Crippen LogP contribution in [-0.4, -0.2) is 29.3 Å². The average molecular weight is 344 g/mol. The van der Waals surface area contributed by atoms with Crippen LogP contribution in [0.15, 0.2) is 73.6 Å². The molecule has 0 aliphatic rings. The van der Waals surface area contributed by atoms with Crippen molar-refractivity contribution < 1.29 is 0 Å². The van der Waals surface area contributed by atoms with Crippen molar-refractivity contribution in [2.75, 3.05) is 0 Å². The molecule has 130 valence electrons. The molecule has 0 bridgehead atoms. The van der Waals surface area contributed by atoms with Gasteiger partial charge in [-0.2, -0.15) is 5.10 Å². The highest BCUT2D eigenvalue weighted by atomic mass is 15.3. The first kappa shape index (κ1) is 16.2.